The van der Waals surface area contributed by atoms with Gasteiger partial charge in [0.25, 0.3) is 17.5 Å². The van der Waals surface area contributed by atoms with Crippen LogP contribution in [0.5, 0.6) is 6.01 Å². The Morgan fingerprint density at radius 2 is 1.86 bits per heavy atom. The Bertz CT molecular complexity index is 2190. The predicted octanol–water partition coefficient (Wildman–Crippen LogP) is 3.48. The molecule has 8 rings (SSSR count). The lowest BCUT2D eigenvalue weighted by Gasteiger charge is -2.32. The molecule has 1 saturated heterocycles. The lowest BCUT2D eigenvalue weighted by Crippen LogP contribution is -2.59. The molecule has 15 nitrogen and oxygen atoms in total. The van der Waals surface area contributed by atoms with Crippen LogP contribution < -0.4 is 25.7 Å². The summed E-state index contributed by atoms with van der Waals surface area (Å²) in [4.78, 5) is 76.2. The highest BCUT2D eigenvalue weighted by Crippen LogP contribution is 2.50. The molecule has 2 aliphatic heterocycles. The van der Waals surface area contributed by atoms with E-state index in [1.165, 1.54) is 15.5 Å². The third-order valence-electron chi connectivity index (χ3n) is 12.5. The Balaban J connectivity index is 1.15. The topological polar surface area (TPSA) is 195 Å². The molecular weight excluding hydrogens is 764 g/mol. The fourth-order valence-electron chi connectivity index (χ4n) is 8.74. The molecule has 3 heterocycles. The van der Waals surface area contributed by atoms with Crippen molar-refractivity contribution in [2.75, 3.05) is 6.54 Å². The van der Waals surface area contributed by atoms with Crippen LogP contribution in [0, 0.1) is 17.8 Å². The van der Waals surface area contributed by atoms with E-state index >= 15 is 0 Å². The molecule has 17 heteroatoms. The summed E-state index contributed by atoms with van der Waals surface area (Å²) in [5.74, 6) is -2.72. The van der Waals surface area contributed by atoms with Gasteiger partial charge in [-0.05, 0) is 82.4 Å². The molecule has 1 aromatic carbocycles. The summed E-state index contributed by atoms with van der Waals surface area (Å²) in [5.41, 5.74) is -2.32. The SMILES string of the molecule is C=C[C@@H]1C[C@]1(NC(=O)[C@@H]1C[C@@H]2CN1C(=O)[C@H](C1CCCC1)NC(=O)O[C@@]1(C)C[C@@H]1CC/C=C/Cn1c(nc3cc(Cl)ccc3c1=O)O2)C(=O)NS(=O)(=O)C1CC1. The molecule has 300 valence electrons. The smallest absolute Gasteiger partial charge is 0.408 e. The van der Waals surface area contributed by atoms with Crippen LogP contribution in [-0.4, -0.2) is 87.8 Å². The van der Waals surface area contributed by atoms with Gasteiger partial charge in [-0.3, -0.25) is 28.5 Å². The van der Waals surface area contributed by atoms with Crippen molar-refractivity contribution in [2.24, 2.45) is 17.8 Å². The second-order valence-corrected chi connectivity index (χ2v) is 18.9. The summed E-state index contributed by atoms with van der Waals surface area (Å²) >= 11 is 6.28. The minimum atomic E-state index is -3.93. The van der Waals surface area contributed by atoms with E-state index in [1.54, 1.807) is 18.2 Å². The van der Waals surface area contributed by atoms with Gasteiger partial charge in [-0.25, -0.2) is 13.2 Å². The number of amides is 4. The average Bonchev–Trinajstić information content (AvgIpc) is 4.10. The molecule has 0 radical (unpaired) electrons. The number of carbonyl (C=O) groups is 4. The summed E-state index contributed by atoms with van der Waals surface area (Å²) in [7, 11) is -3.93. The van der Waals surface area contributed by atoms with E-state index in [0.717, 1.165) is 19.3 Å². The maximum Gasteiger partial charge on any atom is 0.408 e. The van der Waals surface area contributed by atoms with Crippen LogP contribution in [0.4, 0.5) is 4.79 Å². The average molecular weight is 811 g/mol. The normalized spacial score (nSPS) is 32.8. The van der Waals surface area contributed by atoms with Gasteiger partial charge in [-0.2, -0.15) is 4.98 Å². The third-order valence-corrected chi connectivity index (χ3v) is 14.5. The first kappa shape index (κ1) is 38.4. The van der Waals surface area contributed by atoms with Gasteiger partial charge in [0.2, 0.25) is 21.8 Å². The van der Waals surface area contributed by atoms with Gasteiger partial charge in [-0.15, -0.1) is 6.58 Å². The maximum atomic E-state index is 14.8. The van der Waals surface area contributed by atoms with Crippen LogP contribution >= 0.6 is 11.6 Å². The van der Waals surface area contributed by atoms with Gasteiger partial charge < -0.3 is 25.0 Å². The maximum absolute atomic E-state index is 14.8. The summed E-state index contributed by atoms with van der Waals surface area (Å²) < 4.78 is 41.5. The molecule has 7 atom stereocenters. The monoisotopic (exact) mass is 810 g/mol. The Morgan fingerprint density at radius 3 is 2.57 bits per heavy atom. The molecule has 2 aromatic rings. The molecule has 0 unspecified atom stereocenters. The molecule has 5 fully saturated rings. The number of halogens is 1. The van der Waals surface area contributed by atoms with Crippen LogP contribution in [0.2, 0.25) is 5.02 Å². The molecule has 4 saturated carbocycles. The highest BCUT2D eigenvalue weighted by Gasteiger charge is 2.62. The van der Waals surface area contributed by atoms with Crippen LogP contribution in [0.25, 0.3) is 10.9 Å². The third kappa shape index (κ3) is 7.41. The summed E-state index contributed by atoms with van der Waals surface area (Å²) in [6, 6.07) is 2.55. The number of nitrogens with zero attached hydrogens (tertiary/aromatic N) is 3. The second-order valence-electron chi connectivity index (χ2n) is 16.5. The zero-order valence-corrected chi connectivity index (χ0v) is 32.8. The van der Waals surface area contributed by atoms with Crippen molar-refractivity contribution in [3.63, 3.8) is 0 Å². The Morgan fingerprint density at radius 1 is 1.09 bits per heavy atom. The van der Waals surface area contributed by atoms with Crippen molar-refractivity contribution in [3.05, 3.63) is 58.4 Å². The van der Waals surface area contributed by atoms with Gasteiger partial charge in [0.1, 0.15) is 29.3 Å². The number of rotatable bonds is 7. The fourth-order valence-corrected chi connectivity index (χ4v) is 10.3. The number of carbonyl (C=O) groups excluding carboxylic acids is 4. The summed E-state index contributed by atoms with van der Waals surface area (Å²) in [5, 5.41) is 5.72. The van der Waals surface area contributed by atoms with Gasteiger partial charge >= 0.3 is 6.09 Å². The number of sulfonamides is 1. The highest BCUT2D eigenvalue weighted by atomic mass is 35.5. The largest absolute Gasteiger partial charge is 0.459 e. The number of benzene rings is 1. The predicted molar refractivity (Wildman–Crippen MR) is 205 cm³/mol. The number of hydrogen-bond acceptors (Lipinski definition) is 10. The number of allylic oxidation sites excluding steroid dienone is 2. The molecular formula is C39H47ClN6O9S. The van der Waals surface area contributed by atoms with Crippen molar-refractivity contribution in [1.29, 1.82) is 0 Å². The van der Waals surface area contributed by atoms with E-state index in [1.807, 2.05) is 19.1 Å². The van der Waals surface area contributed by atoms with Crippen LogP contribution in [0.15, 0.2) is 47.8 Å². The molecule has 4 aliphatic carbocycles. The fraction of sp³-hybridized carbons (Fsp3) is 0.590. The van der Waals surface area contributed by atoms with E-state index < -0.39 is 74.3 Å². The number of ether oxygens (including phenoxy) is 2. The van der Waals surface area contributed by atoms with Gasteiger partial charge in [0, 0.05) is 29.8 Å². The molecule has 0 spiro atoms. The molecule has 1 aromatic heterocycles. The Kier molecular flexibility index (Phi) is 9.95. The quantitative estimate of drug-likeness (QED) is 0.349. The minimum Gasteiger partial charge on any atom is -0.459 e. The van der Waals surface area contributed by atoms with E-state index in [9.17, 15) is 32.4 Å². The molecule has 56 heavy (non-hydrogen) atoms. The number of nitrogens with one attached hydrogen (secondary N) is 3. The summed E-state index contributed by atoms with van der Waals surface area (Å²) in [6.45, 7) is 5.68. The zero-order chi connectivity index (χ0) is 39.6. The van der Waals surface area contributed by atoms with Crippen molar-refractivity contribution in [2.45, 2.75) is 119 Å². The van der Waals surface area contributed by atoms with Crippen molar-refractivity contribution < 1.29 is 37.1 Å². The standard InChI is InChI=1S/C39H47ClN6O9S/c1-3-23-20-39(23,35(50)44-56(52,53)27-13-14-27)43-32(47)30-18-26-21-46(30)34(49)31(22-9-6-7-10-22)42-37(51)55-38(2)19-24(38)11-5-4-8-16-45-33(48)28-15-12-25(40)17-29(28)41-36(45)54-26/h3-4,8,12,15,17,22-24,26-27,30-31H,1,5-7,9-11,13-14,16,18-21H2,2H3,(H,42,51)(H,43,47)(H,44,50)/b8-4+/t23-,24+,26-,30+,31+,38+,39-/m1/s1. The minimum absolute atomic E-state index is 0.0205. The lowest BCUT2D eigenvalue weighted by atomic mass is 9.96. The van der Waals surface area contributed by atoms with E-state index in [4.69, 9.17) is 21.1 Å². The Hall–Kier alpha value is -4.44. The number of alkyl carbamates (subject to hydrolysis) is 1. The molecule has 2 bridgehead atoms. The second kappa shape index (κ2) is 14.5. The first-order valence-corrected chi connectivity index (χ1v) is 21.5. The summed E-state index contributed by atoms with van der Waals surface area (Å²) in [6.07, 6.45) is 9.91. The number of hydrogen-bond donors (Lipinski definition) is 3. The first-order chi connectivity index (χ1) is 26.7. The molecule has 4 amide bonds. The van der Waals surface area contributed by atoms with E-state index in [-0.39, 0.29) is 49.3 Å². The number of fused-ring (bicyclic) bond motifs is 5. The molecule has 6 aliphatic rings. The molecule has 3 N–H and O–H groups in total. The van der Waals surface area contributed by atoms with Gasteiger partial charge in [0.05, 0.1) is 22.7 Å². The van der Waals surface area contributed by atoms with Crippen molar-refractivity contribution in [3.8, 4) is 6.01 Å². The van der Waals surface area contributed by atoms with Gasteiger partial charge in [0.15, 0.2) is 0 Å². The lowest BCUT2D eigenvalue weighted by molar-refractivity contribution is -0.142. The van der Waals surface area contributed by atoms with E-state index in [0.29, 0.717) is 54.5 Å². The van der Waals surface area contributed by atoms with Crippen LogP contribution in [0.3, 0.4) is 0 Å². The van der Waals surface area contributed by atoms with Crippen LogP contribution in [0.1, 0.15) is 77.6 Å². The van der Waals surface area contributed by atoms with E-state index in [2.05, 4.69) is 26.9 Å². The van der Waals surface area contributed by atoms with Gasteiger partial charge in [-0.1, -0.05) is 42.7 Å². The van der Waals surface area contributed by atoms with Crippen molar-refractivity contribution in [1.82, 2.24) is 29.8 Å². The zero-order valence-electron chi connectivity index (χ0n) is 31.2. The highest BCUT2D eigenvalue weighted by molar-refractivity contribution is 7.91. The van der Waals surface area contributed by atoms with Crippen molar-refractivity contribution >= 4 is 56.3 Å². The van der Waals surface area contributed by atoms with Crippen LogP contribution in [-0.2, 0) is 35.7 Å². The first-order valence-electron chi connectivity index (χ1n) is 19.5. The Labute approximate surface area is 329 Å². The number of aromatic nitrogens is 2.